The molecule has 2 N–H and O–H groups in total. The average molecular weight is 521 g/mol. The van der Waals surface area contributed by atoms with Crippen molar-refractivity contribution in [2.45, 2.75) is 80.9 Å². The lowest BCUT2D eigenvalue weighted by Crippen LogP contribution is -2.81. The molecule has 1 saturated heterocycles. The van der Waals surface area contributed by atoms with E-state index in [4.69, 9.17) is 16.3 Å². The number of phenolic OH excluding ortho intramolecular Hbond substituents is 1. The highest BCUT2D eigenvalue weighted by Crippen LogP contribution is 2.65. The van der Waals surface area contributed by atoms with Crippen LogP contribution in [0.25, 0.3) is 0 Å². The van der Waals surface area contributed by atoms with Gasteiger partial charge in [0.1, 0.15) is 0 Å². The van der Waals surface area contributed by atoms with Crippen LogP contribution in [0.15, 0.2) is 36.4 Å². The Kier molecular flexibility index (Phi) is 5.39. The SMILES string of the molecule is O=C(CCCc1ccc(Cl)cc1)N[C@@]12CCC(=O)[C@@H]3Oc4c(O)ccc5c4[C@@]31CCN(CC1CC1)[C@@H]2C5. The molecule has 194 valence electrons. The molecule has 2 aliphatic heterocycles. The number of carbonyl (C=O) groups excluding carboxylic acids is 2. The van der Waals surface area contributed by atoms with Gasteiger partial charge in [0.2, 0.25) is 5.91 Å². The largest absolute Gasteiger partial charge is 0.504 e. The maximum absolute atomic E-state index is 13.6. The Balaban J connectivity index is 1.23. The molecule has 6 nitrogen and oxygen atoms in total. The highest BCUT2D eigenvalue weighted by molar-refractivity contribution is 6.30. The van der Waals surface area contributed by atoms with Gasteiger partial charge in [-0.25, -0.2) is 0 Å². The number of aromatic hydroxyl groups is 1. The number of Topliss-reactive ketones (excluding diaryl/α,β-unsaturated/α-hetero) is 1. The lowest BCUT2D eigenvalue weighted by atomic mass is 9.47. The van der Waals surface area contributed by atoms with Gasteiger partial charge in [0.05, 0.1) is 11.0 Å². The summed E-state index contributed by atoms with van der Waals surface area (Å²) in [4.78, 5) is 29.6. The number of piperidine rings is 1. The maximum atomic E-state index is 13.6. The molecule has 3 fully saturated rings. The van der Waals surface area contributed by atoms with Crippen molar-refractivity contribution in [3.63, 3.8) is 0 Å². The Hall–Kier alpha value is -2.57. The second-order valence-electron chi connectivity index (χ2n) is 11.8. The highest BCUT2D eigenvalue weighted by atomic mass is 35.5. The summed E-state index contributed by atoms with van der Waals surface area (Å²) in [6.07, 6.45) is 6.43. The number of benzene rings is 2. The molecule has 3 aliphatic carbocycles. The van der Waals surface area contributed by atoms with E-state index in [9.17, 15) is 14.7 Å². The van der Waals surface area contributed by atoms with Gasteiger partial charge in [-0.05, 0) is 86.7 Å². The number of aryl methyl sites for hydroxylation is 1. The van der Waals surface area contributed by atoms with E-state index in [0.717, 1.165) is 55.8 Å². The van der Waals surface area contributed by atoms with Crippen molar-refractivity contribution in [2.75, 3.05) is 13.1 Å². The molecule has 0 radical (unpaired) electrons. The first kappa shape index (κ1) is 23.5. The summed E-state index contributed by atoms with van der Waals surface area (Å²) in [5, 5.41) is 15.0. The number of nitrogens with zero attached hydrogens (tertiary/aromatic N) is 1. The molecule has 7 heteroatoms. The smallest absolute Gasteiger partial charge is 0.220 e. The summed E-state index contributed by atoms with van der Waals surface area (Å²) < 4.78 is 6.33. The van der Waals surface area contributed by atoms with Crippen molar-refractivity contribution >= 4 is 23.3 Å². The van der Waals surface area contributed by atoms with Crippen molar-refractivity contribution < 1.29 is 19.4 Å². The minimum atomic E-state index is -0.649. The molecular weight excluding hydrogens is 488 g/mol. The number of nitrogens with one attached hydrogen (secondary N) is 1. The number of ether oxygens (including phenoxy) is 1. The van der Waals surface area contributed by atoms with E-state index >= 15 is 0 Å². The van der Waals surface area contributed by atoms with Gasteiger partial charge in [0.25, 0.3) is 0 Å². The summed E-state index contributed by atoms with van der Waals surface area (Å²) in [7, 11) is 0. The molecule has 1 amide bonds. The quantitative estimate of drug-likeness (QED) is 0.568. The summed E-state index contributed by atoms with van der Waals surface area (Å²) in [5.41, 5.74) is 2.10. The molecule has 2 saturated carbocycles. The van der Waals surface area contributed by atoms with Crippen molar-refractivity contribution in [2.24, 2.45) is 5.92 Å². The first-order valence-electron chi connectivity index (χ1n) is 13.8. The molecule has 0 unspecified atom stereocenters. The fourth-order valence-electron chi connectivity index (χ4n) is 7.98. The molecule has 2 heterocycles. The number of rotatable bonds is 7. The number of ketones is 1. The maximum Gasteiger partial charge on any atom is 0.220 e. The number of likely N-dealkylation sites (tertiary alicyclic amines) is 1. The molecule has 4 atom stereocenters. The zero-order valence-electron chi connectivity index (χ0n) is 21.0. The van der Waals surface area contributed by atoms with Gasteiger partial charge < -0.3 is 15.2 Å². The van der Waals surface area contributed by atoms with Crippen LogP contribution >= 0.6 is 11.6 Å². The Labute approximate surface area is 222 Å². The van der Waals surface area contributed by atoms with Crippen molar-refractivity contribution in [1.82, 2.24) is 10.2 Å². The van der Waals surface area contributed by atoms with Crippen LogP contribution in [-0.2, 0) is 27.8 Å². The summed E-state index contributed by atoms with van der Waals surface area (Å²) >= 11 is 6.02. The fourth-order valence-corrected chi connectivity index (χ4v) is 8.10. The number of hydrogen-bond acceptors (Lipinski definition) is 5. The lowest BCUT2D eigenvalue weighted by Gasteiger charge is -2.65. The Bertz CT molecular complexity index is 1280. The summed E-state index contributed by atoms with van der Waals surface area (Å²) in [6, 6.07) is 11.6. The number of carbonyl (C=O) groups is 2. The normalized spacial score (nSPS) is 31.5. The van der Waals surface area contributed by atoms with Crippen molar-refractivity contribution in [3.8, 4) is 11.5 Å². The van der Waals surface area contributed by atoms with Crippen LogP contribution < -0.4 is 10.1 Å². The van der Waals surface area contributed by atoms with Crippen LogP contribution in [0.5, 0.6) is 11.5 Å². The average Bonchev–Trinajstić information content (AvgIpc) is 3.62. The zero-order chi connectivity index (χ0) is 25.4. The van der Waals surface area contributed by atoms with Crippen LogP contribution in [0.1, 0.15) is 61.6 Å². The Morgan fingerprint density at radius 1 is 1.16 bits per heavy atom. The van der Waals surface area contributed by atoms with Gasteiger partial charge in [0.15, 0.2) is 23.4 Å². The Morgan fingerprint density at radius 2 is 1.97 bits per heavy atom. The van der Waals surface area contributed by atoms with Crippen molar-refractivity contribution in [3.05, 3.63) is 58.1 Å². The van der Waals surface area contributed by atoms with Gasteiger partial charge in [-0.15, -0.1) is 0 Å². The third-order valence-electron chi connectivity index (χ3n) is 9.76. The number of hydrogen-bond donors (Lipinski definition) is 2. The molecule has 7 rings (SSSR count). The van der Waals surface area contributed by atoms with E-state index in [1.165, 1.54) is 18.4 Å². The molecular formula is C30H33ClN2O4. The fraction of sp³-hybridized carbons (Fsp3) is 0.533. The first-order valence-corrected chi connectivity index (χ1v) is 14.1. The van der Waals surface area contributed by atoms with Gasteiger partial charge >= 0.3 is 0 Å². The molecule has 0 aromatic heterocycles. The third-order valence-corrected chi connectivity index (χ3v) is 10.0. The van der Waals surface area contributed by atoms with Gasteiger partial charge in [-0.2, -0.15) is 0 Å². The van der Waals surface area contributed by atoms with Gasteiger partial charge in [-0.3, -0.25) is 14.5 Å². The topological polar surface area (TPSA) is 78.9 Å². The number of amides is 1. The Morgan fingerprint density at radius 3 is 2.76 bits per heavy atom. The van der Waals surface area contributed by atoms with Gasteiger partial charge in [0, 0.05) is 36.0 Å². The molecule has 37 heavy (non-hydrogen) atoms. The zero-order valence-corrected chi connectivity index (χ0v) is 21.7. The summed E-state index contributed by atoms with van der Waals surface area (Å²) in [6.45, 7) is 1.94. The molecule has 1 spiro atoms. The van der Waals surface area contributed by atoms with E-state index in [1.54, 1.807) is 6.07 Å². The first-order chi connectivity index (χ1) is 17.9. The van der Waals surface area contributed by atoms with Crippen molar-refractivity contribution in [1.29, 1.82) is 0 Å². The van der Waals surface area contributed by atoms with E-state index in [1.807, 2.05) is 30.3 Å². The van der Waals surface area contributed by atoms with E-state index in [-0.39, 0.29) is 23.5 Å². The highest BCUT2D eigenvalue weighted by Gasteiger charge is 2.73. The monoisotopic (exact) mass is 520 g/mol. The van der Waals surface area contributed by atoms with Crippen LogP contribution in [-0.4, -0.2) is 52.5 Å². The van der Waals surface area contributed by atoms with Crippen LogP contribution in [0.3, 0.4) is 0 Å². The minimum Gasteiger partial charge on any atom is -0.504 e. The van der Waals surface area contributed by atoms with Crippen LogP contribution in [0.2, 0.25) is 5.02 Å². The number of phenols is 1. The minimum absolute atomic E-state index is 0.0387. The predicted octanol–water partition coefficient (Wildman–Crippen LogP) is 4.33. The molecule has 5 aliphatic rings. The second kappa shape index (κ2) is 8.47. The lowest BCUT2D eigenvalue weighted by molar-refractivity contribution is -0.150. The predicted molar refractivity (Wildman–Crippen MR) is 140 cm³/mol. The molecule has 2 bridgehead atoms. The van der Waals surface area contributed by atoms with E-state index < -0.39 is 17.1 Å². The second-order valence-corrected chi connectivity index (χ2v) is 12.2. The summed E-state index contributed by atoms with van der Waals surface area (Å²) in [5.74, 6) is 1.42. The standard InChI is InChI=1S/C30H33ClN2O4/c31-21-9-6-18(7-10-21)2-1-3-25(36)32-30-13-12-23(35)28-29(30)14-15-33(17-19-4-5-19)24(30)16-20-8-11-22(34)27(37-28)26(20)29/h6-11,19,24,28,34H,1-5,12-17H2,(H,32,36)/t24-,28+,29+,30-/m1/s1. The molecule has 2 aromatic rings. The van der Waals surface area contributed by atoms with Gasteiger partial charge in [-0.1, -0.05) is 29.8 Å². The molecule has 2 aromatic carbocycles. The van der Waals surface area contributed by atoms with Crippen LogP contribution in [0.4, 0.5) is 0 Å². The van der Waals surface area contributed by atoms with E-state index in [2.05, 4.69) is 10.2 Å². The van der Waals surface area contributed by atoms with Crippen LogP contribution in [0, 0.1) is 5.92 Å². The number of halogens is 1. The van der Waals surface area contributed by atoms with E-state index in [0.29, 0.717) is 30.0 Å². The third kappa shape index (κ3) is 3.48.